The van der Waals surface area contributed by atoms with Gasteiger partial charge in [-0.05, 0) is 80.8 Å². The summed E-state index contributed by atoms with van der Waals surface area (Å²) in [5.74, 6) is -7.75. The van der Waals surface area contributed by atoms with Crippen LogP contribution in [0.15, 0.2) is 42.5 Å². The molecule has 0 saturated heterocycles. The number of carboxylic acids is 2. The van der Waals surface area contributed by atoms with Gasteiger partial charge in [-0.2, -0.15) is 0 Å². The molecule has 4 aromatic rings. The Bertz CT molecular complexity index is 1670. The van der Waals surface area contributed by atoms with Gasteiger partial charge in [0.05, 0.1) is 12.1 Å². The molecule has 0 spiro atoms. The number of unbranched alkanes of at least 4 members (excludes halogenated alkanes) is 1. The van der Waals surface area contributed by atoms with Crippen LogP contribution in [-0.2, 0) is 29.0 Å². The Morgan fingerprint density at radius 1 is 0.750 bits per heavy atom. The third-order valence-electron chi connectivity index (χ3n) is 7.59. The predicted molar refractivity (Wildman–Crippen MR) is 154 cm³/mol. The van der Waals surface area contributed by atoms with E-state index < -0.39 is 46.6 Å². The second-order valence-electron chi connectivity index (χ2n) is 10.6. The molecule has 0 aliphatic heterocycles. The van der Waals surface area contributed by atoms with Gasteiger partial charge in [0, 0.05) is 47.7 Å². The molecule has 0 atom stereocenters. The van der Waals surface area contributed by atoms with E-state index in [9.17, 15) is 27.2 Å². The van der Waals surface area contributed by atoms with Crippen LogP contribution in [0.2, 0.25) is 0 Å². The number of aliphatic carboxylic acids is 2. The Hall–Kier alpha value is -4.41. The van der Waals surface area contributed by atoms with Crippen LogP contribution in [0.1, 0.15) is 55.3 Å². The van der Waals surface area contributed by atoms with Crippen LogP contribution in [0.25, 0.3) is 22.0 Å². The first-order valence-corrected chi connectivity index (χ1v) is 14.3. The molecule has 44 heavy (non-hydrogen) atoms. The van der Waals surface area contributed by atoms with Crippen LogP contribution in [0.3, 0.4) is 0 Å². The number of hydrogen-bond donors (Lipinski definition) is 2. The zero-order valence-corrected chi connectivity index (χ0v) is 24.1. The average Bonchev–Trinajstić information content (AvgIpc) is 3.25. The molecule has 0 amide bonds. The molecule has 3 aromatic carbocycles. The van der Waals surface area contributed by atoms with Gasteiger partial charge >= 0.3 is 11.9 Å². The van der Waals surface area contributed by atoms with Crippen LogP contribution in [0, 0.1) is 36.0 Å². The van der Waals surface area contributed by atoms with Gasteiger partial charge in [-0.1, -0.05) is 12.1 Å². The number of carbonyl (C=O) groups is 2. The number of ether oxygens (including phenoxy) is 1. The number of aromatic nitrogens is 1. The summed E-state index contributed by atoms with van der Waals surface area (Å²) in [5.41, 5.74) is 3.01. The molecular formula is C33H32F5NO5. The summed E-state index contributed by atoms with van der Waals surface area (Å²) in [6, 6.07) is 10.4. The lowest BCUT2D eigenvalue weighted by Gasteiger charge is -2.13. The first-order valence-electron chi connectivity index (χ1n) is 14.3. The highest BCUT2D eigenvalue weighted by molar-refractivity contribution is 5.98. The summed E-state index contributed by atoms with van der Waals surface area (Å²) in [6.07, 6.45) is 1.42. The molecule has 0 bridgehead atoms. The van der Waals surface area contributed by atoms with Gasteiger partial charge in [-0.25, -0.2) is 22.0 Å². The first kappa shape index (κ1) is 32.5. The van der Waals surface area contributed by atoms with Crippen molar-refractivity contribution in [1.29, 1.82) is 0 Å². The van der Waals surface area contributed by atoms with Crippen molar-refractivity contribution in [2.75, 3.05) is 6.61 Å². The lowest BCUT2D eigenvalue weighted by molar-refractivity contribution is -0.138. The van der Waals surface area contributed by atoms with E-state index in [2.05, 4.69) is 0 Å². The van der Waals surface area contributed by atoms with Crippen LogP contribution in [0.4, 0.5) is 22.0 Å². The molecule has 0 radical (unpaired) electrons. The number of nitrogens with zero attached hydrogens (tertiary/aromatic N) is 1. The van der Waals surface area contributed by atoms with Crippen molar-refractivity contribution in [2.24, 2.45) is 0 Å². The molecule has 6 nitrogen and oxygen atoms in total. The van der Waals surface area contributed by atoms with Crippen molar-refractivity contribution in [1.82, 2.24) is 4.57 Å². The van der Waals surface area contributed by atoms with Gasteiger partial charge in [0.2, 0.25) is 0 Å². The normalized spacial score (nSPS) is 11.3. The maximum atomic E-state index is 15.3. The summed E-state index contributed by atoms with van der Waals surface area (Å²) in [6.45, 7) is 2.37. The van der Waals surface area contributed by atoms with E-state index in [-0.39, 0.29) is 32.3 Å². The average molecular weight is 618 g/mol. The largest absolute Gasteiger partial charge is 0.494 e. The van der Waals surface area contributed by atoms with Crippen LogP contribution in [0.5, 0.6) is 5.75 Å². The molecule has 0 fully saturated rings. The van der Waals surface area contributed by atoms with Crippen molar-refractivity contribution in [3.8, 4) is 16.9 Å². The highest BCUT2D eigenvalue weighted by Crippen LogP contribution is 2.37. The van der Waals surface area contributed by atoms with Gasteiger partial charge in [-0.3, -0.25) is 9.59 Å². The Morgan fingerprint density at radius 3 is 2.09 bits per heavy atom. The summed E-state index contributed by atoms with van der Waals surface area (Å²) in [4.78, 5) is 22.2. The molecule has 2 N–H and O–H groups in total. The van der Waals surface area contributed by atoms with Crippen LogP contribution < -0.4 is 4.74 Å². The minimum Gasteiger partial charge on any atom is -0.494 e. The molecule has 0 aliphatic carbocycles. The van der Waals surface area contributed by atoms with E-state index >= 15 is 4.39 Å². The van der Waals surface area contributed by atoms with Crippen molar-refractivity contribution in [3.05, 3.63) is 88.4 Å². The molecule has 11 heteroatoms. The van der Waals surface area contributed by atoms with Gasteiger partial charge in [0.15, 0.2) is 17.5 Å². The van der Waals surface area contributed by atoms with E-state index in [1.54, 1.807) is 30.3 Å². The number of carboxylic acid groups (broad SMARTS) is 2. The smallest absolute Gasteiger partial charge is 0.303 e. The zero-order chi connectivity index (χ0) is 32.0. The fourth-order valence-electron chi connectivity index (χ4n) is 5.43. The topological polar surface area (TPSA) is 88.8 Å². The highest BCUT2D eigenvalue weighted by atomic mass is 19.2. The Kier molecular flexibility index (Phi) is 10.6. The molecule has 1 heterocycles. The summed E-state index contributed by atoms with van der Waals surface area (Å²) >= 11 is 0. The standard InChI is InChI=1S/C33H32F5NO5/c1-19-22(7-4-8-28(40)41)30-25(34)15-14-23(33(30)39(19)16-5-9-29(42)43)20-10-12-21(13-11-20)44-17-3-2-6-24-26(35)18-27(36)32(38)31(24)37/h10-15,18H,2-9,16-17H2,1H3,(H,40,41)(H,42,43). The monoisotopic (exact) mass is 617 g/mol. The second-order valence-corrected chi connectivity index (χ2v) is 10.6. The lowest BCUT2D eigenvalue weighted by Crippen LogP contribution is -2.05. The fourth-order valence-corrected chi connectivity index (χ4v) is 5.43. The Labute approximate surface area is 250 Å². The Balaban J connectivity index is 1.51. The summed E-state index contributed by atoms with van der Waals surface area (Å²) < 4.78 is 77.2. The molecule has 4 rings (SSSR count). The van der Waals surface area contributed by atoms with Gasteiger partial charge in [0.1, 0.15) is 17.4 Å². The maximum Gasteiger partial charge on any atom is 0.303 e. The third kappa shape index (κ3) is 7.38. The van der Waals surface area contributed by atoms with Gasteiger partial charge in [0.25, 0.3) is 0 Å². The number of benzene rings is 3. The van der Waals surface area contributed by atoms with E-state index in [4.69, 9.17) is 14.9 Å². The maximum absolute atomic E-state index is 15.3. The van der Waals surface area contributed by atoms with Crippen molar-refractivity contribution >= 4 is 22.8 Å². The third-order valence-corrected chi connectivity index (χ3v) is 7.59. The SMILES string of the molecule is Cc1c(CCCC(=O)O)c2c(F)ccc(-c3ccc(OCCCCc4c(F)cc(F)c(F)c4F)cc3)c2n1CCCC(=O)O. The number of hydrogen-bond acceptors (Lipinski definition) is 3. The molecule has 0 aliphatic rings. The molecule has 1 aromatic heterocycles. The number of fused-ring (bicyclic) bond motifs is 1. The minimum absolute atomic E-state index is 0.0607. The first-order chi connectivity index (χ1) is 21.0. The predicted octanol–water partition coefficient (Wildman–Crippen LogP) is 7.99. The number of rotatable bonds is 15. The van der Waals surface area contributed by atoms with Crippen molar-refractivity contribution in [2.45, 2.75) is 64.8 Å². The zero-order valence-electron chi connectivity index (χ0n) is 24.1. The van der Waals surface area contributed by atoms with E-state index in [1.165, 1.54) is 6.07 Å². The molecule has 234 valence electrons. The lowest BCUT2D eigenvalue weighted by atomic mass is 9.99. The minimum atomic E-state index is -1.70. The van der Waals surface area contributed by atoms with E-state index in [0.29, 0.717) is 66.1 Å². The summed E-state index contributed by atoms with van der Waals surface area (Å²) in [5, 5.41) is 18.6. The van der Waals surface area contributed by atoms with Crippen LogP contribution in [-0.4, -0.2) is 33.3 Å². The Morgan fingerprint density at radius 2 is 1.41 bits per heavy atom. The second kappa shape index (κ2) is 14.4. The van der Waals surface area contributed by atoms with Crippen molar-refractivity contribution in [3.63, 3.8) is 0 Å². The van der Waals surface area contributed by atoms with Crippen LogP contribution >= 0.6 is 0 Å². The molecular weight excluding hydrogens is 585 g/mol. The van der Waals surface area contributed by atoms with Gasteiger partial charge in [-0.15, -0.1) is 0 Å². The van der Waals surface area contributed by atoms with Crippen molar-refractivity contribution < 1.29 is 46.5 Å². The summed E-state index contributed by atoms with van der Waals surface area (Å²) in [7, 11) is 0. The number of aryl methyl sites for hydroxylation is 2. The highest BCUT2D eigenvalue weighted by Gasteiger charge is 2.22. The quantitative estimate of drug-likeness (QED) is 0.0611. The van der Waals surface area contributed by atoms with E-state index in [0.717, 1.165) is 11.3 Å². The van der Waals surface area contributed by atoms with E-state index in [1.807, 2.05) is 11.5 Å². The molecule has 0 unspecified atom stereocenters. The fraction of sp³-hybridized carbons (Fsp3) is 0.333. The van der Waals surface area contributed by atoms with Gasteiger partial charge < -0.3 is 19.5 Å². The molecule has 0 saturated carbocycles. The number of halogens is 5.